The van der Waals surface area contributed by atoms with E-state index in [0.717, 1.165) is 10.5 Å². The van der Waals surface area contributed by atoms with Gasteiger partial charge in [-0.25, -0.2) is 14.5 Å². The predicted molar refractivity (Wildman–Crippen MR) is 158 cm³/mol. The molecule has 0 bridgehead atoms. The zero-order chi connectivity index (χ0) is 29.9. The van der Waals surface area contributed by atoms with E-state index in [0.29, 0.717) is 17.9 Å². The van der Waals surface area contributed by atoms with E-state index in [1.807, 2.05) is 72.8 Å². The maximum Gasteiger partial charge on any atom is 0.333 e. The molecule has 40 heavy (non-hydrogen) atoms. The molecular weight excluding hydrogens is 506 g/mol. The number of ether oxygens (including phenoxy) is 1. The molecule has 0 fully saturated rings. The van der Waals surface area contributed by atoms with Crippen molar-refractivity contribution in [2.75, 3.05) is 4.90 Å². The van der Waals surface area contributed by atoms with Crippen molar-refractivity contribution in [1.29, 1.82) is 0 Å². The quantitative estimate of drug-likeness (QED) is 0.221. The second kappa shape index (κ2) is 18.0. The average molecular weight is 540 g/mol. The Hall–Kier alpha value is -5.30. The molecule has 7 nitrogen and oxygen atoms in total. The lowest BCUT2D eigenvalue weighted by Gasteiger charge is -2.12. The Morgan fingerprint density at radius 2 is 1.20 bits per heavy atom. The number of rotatable bonds is 6. The van der Waals surface area contributed by atoms with Crippen molar-refractivity contribution in [3.05, 3.63) is 145 Å². The second-order valence-electron chi connectivity index (χ2n) is 8.22. The van der Waals surface area contributed by atoms with Crippen LogP contribution in [0.4, 0.5) is 5.69 Å². The van der Waals surface area contributed by atoms with Crippen LogP contribution in [0.25, 0.3) is 6.08 Å². The summed E-state index contributed by atoms with van der Waals surface area (Å²) in [4.78, 5) is 44.1. The molecule has 3 aromatic carbocycles. The number of nitrogens with zero attached hydrogens (tertiary/aromatic N) is 1. The third kappa shape index (κ3) is 12.8. The Morgan fingerprint density at radius 1 is 0.775 bits per heavy atom. The van der Waals surface area contributed by atoms with Crippen molar-refractivity contribution >= 4 is 35.5 Å². The molecule has 1 aliphatic heterocycles. The fourth-order valence-electron chi connectivity index (χ4n) is 2.67. The lowest BCUT2D eigenvalue weighted by atomic mass is 10.2. The van der Waals surface area contributed by atoms with Gasteiger partial charge in [0.15, 0.2) is 0 Å². The fraction of sp³-hybridized carbons (Fsp3) is 0.0909. The maximum atomic E-state index is 11.2. The van der Waals surface area contributed by atoms with Crippen LogP contribution in [-0.2, 0) is 30.5 Å². The molecule has 1 aliphatic rings. The van der Waals surface area contributed by atoms with Gasteiger partial charge >= 0.3 is 11.9 Å². The summed E-state index contributed by atoms with van der Waals surface area (Å²) in [6.07, 6.45) is 4.38. The number of carboxylic acids is 1. The van der Waals surface area contributed by atoms with Crippen LogP contribution in [-0.4, -0.2) is 28.9 Å². The standard InChI is InChI=1S/C11H12O2.C10H7NO2.C8H8.C4H6O2/c1-9(2)11(12)13-8-10-6-4-3-5-7-10;12-9-6-7-10(13)11(9)8-4-2-1-3-5-8;1-2-8-6-4-3-5-7-8;1-3(2)4(5)6/h3-7H,1,8H2,2H3;1-7H;2-7H,1H2;1H2,2H3,(H,5,6). The van der Waals surface area contributed by atoms with E-state index in [1.165, 1.54) is 24.6 Å². The molecule has 2 amide bonds. The predicted octanol–water partition coefficient (Wildman–Crippen LogP) is 6.40. The summed E-state index contributed by atoms with van der Waals surface area (Å²) in [5, 5.41) is 7.89. The summed E-state index contributed by atoms with van der Waals surface area (Å²) in [5.41, 5.74) is 3.37. The number of carbonyl (C=O) groups excluding carboxylic acids is 3. The highest BCUT2D eigenvalue weighted by molar-refractivity contribution is 6.28. The van der Waals surface area contributed by atoms with Gasteiger partial charge in [0, 0.05) is 23.3 Å². The summed E-state index contributed by atoms with van der Waals surface area (Å²) in [6.45, 7) is 13.7. The first-order valence-electron chi connectivity index (χ1n) is 12.1. The fourth-order valence-corrected chi connectivity index (χ4v) is 2.67. The molecule has 0 radical (unpaired) electrons. The Bertz CT molecular complexity index is 1300. The number of anilines is 1. The molecule has 0 spiro atoms. The summed E-state index contributed by atoms with van der Waals surface area (Å²) in [6, 6.07) is 28.4. The molecule has 1 N–H and O–H groups in total. The largest absolute Gasteiger partial charge is 0.478 e. The summed E-state index contributed by atoms with van der Waals surface area (Å²) in [5.74, 6) is -1.84. The van der Waals surface area contributed by atoms with Gasteiger partial charge in [0.05, 0.1) is 5.69 Å². The Labute approximate surface area is 235 Å². The number of benzene rings is 3. The summed E-state index contributed by atoms with van der Waals surface area (Å²) < 4.78 is 4.95. The molecule has 0 aromatic heterocycles. The van der Waals surface area contributed by atoms with Gasteiger partial charge in [-0.3, -0.25) is 9.59 Å². The number of carboxylic acid groups (broad SMARTS) is 1. The van der Waals surface area contributed by atoms with Gasteiger partial charge in [-0.1, -0.05) is 105 Å². The van der Waals surface area contributed by atoms with Crippen LogP contribution in [0.15, 0.2) is 134 Å². The number of amides is 2. The molecule has 4 rings (SSSR count). The zero-order valence-electron chi connectivity index (χ0n) is 22.7. The third-order valence-electron chi connectivity index (χ3n) is 4.79. The van der Waals surface area contributed by atoms with Gasteiger partial charge in [0.25, 0.3) is 11.8 Å². The minimum atomic E-state index is -0.935. The smallest absolute Gasteiger partial charge is 0.333 e. The number of para-hydroxylation sites is 1. The number of hydrogen-bond acceptors (Lipinski definition) is 5. The van der Waals surface area contributed by atoms with Gasteiger partial charge < -0.3 is 9.84 Å². The van der Waals surface area contributed by atoms with Gasteiger partial charge in [-0.05, 0) is 37.1 Å². The van der Waals surface area contributed by atoms with Crippen molar-refractivity contribution in [3.8, 4) is 0 Å². The first kappa shape index (κ1) is 32.7. The lowest BCUT2D eigenvalue weighted by Crippen LogP contribution is -2.29. The molecule has 3 aromatic rings. The van der Waals surface area contributed by atoms with Crippen molar-refractivity contribution in [2.24, 2.45) is 0 Å². The molecule has 0 saturated heterocycles. The molecule has 0 aliphatic carbocycles. The third-order valence-corrected chi connectivity index (χ3v) is 4.79. The molecule has 7 heteroatoms. The first-order chi connectivity index (χ1) is 19.1. The lowest BCUT2D eigenvalue weighted by molar-refractivity contribution is -0.140. The van der Waals surface area contributed by atoms with Gasteiger partial charge in [-0.15, -0.1) is 0 Å². The normalized spacial score (nSPS) is 10.9. The van der Waals surface area contributed by atoms with Crippen LogP contribution < -0.4 is 4.90 Å². The van der Waals surface area contributed by atoms with Crippen LogP contribution in [0.2, 0.25) is 0 Å². The first-order valence-corrected chi connectivity index (χ1v) is 12.1. The van der Waals surface area contributed by atoms with E-state index in [2.05, 4.69) is 19.7 Å². The van der Waals surface area contributed by atoms with Crippen LogP contribution in [0.3, 0.4) is 0 Å². The van der Waals surface area contributed by atoms with E-state index >= 15 is 0 Å². The molecule has 206 valence electrons. The average Bonchev–Trinajstić information content (AvgIpc) is 3.31. The summed E-state index contributed by atoms with van der Waals surface area (Å²) in [7, 11) is 0. The van der Waals surface area contributed by atoms with Gasteiger partial charge in [-0.2, -0.15) is 0 Å². The maximum absolute atomic E-state index is 11.2. The monoisotopic (exact) mass is 539 g/mol. The van der Waals surface area contributed by atoms with Crippen LogP contribution >= 0.6 is 0 Å². The van der Waals surface area contributed by atoms with Gasteiger partial charge in [0.1, 0.15) is 6.61 Å². The van der Waals surface area contributed by atoms with Crippen molar-refractivity contribution in [3.63, 3.8) is 0 Å². The number of aliphatic carboxylic acids is 1. The van der Waals surface area contributed by atoms with E-state index < -0.39 is 5.97 Å². The highest BCUT2D eigenvalue weighted by Crippen LogP contribution is 2.17. The topological polar surface area (TPSA) is 101 Å². The van der Waals surface area contributed by atoms with E-state index in [-0.39, 0.29) is 23.4 Å². The van der Waals surface area contributed by atoms with Crippen molar-refractivity contribution in [1.82, 2.24) is 0 Å². The summed E-state index contributed by atoms with van der Waals surface area (Å²) >= 11 is 0. The number of imide groups is 1. The van der Waals surface area contributed by atoms with Crippen LogP contribution in [0.5, 0.6) is 0 Å². The van der Waals surface area contributed by atoms with Crippen molar-refractivity contribution < 1.29 is 29.0 Å². The molecule has 0 saturated carbocycles. The minimum absolute atomic E-state index is 0.176. The Morgan fingerprint density at radius 3 is 1.57 bits per heavy atom. The SMILES string of the molecule is C=C(C)C(=O)O.C=C(C)C(=O)OCc1ccccc1.C=Cc1ccccc1.O=C1C=CC(=O)N1c1ccccc1. The minimum Gasteiger partial charge on any atom is -0.478 e. The highest BCUT2D eigenvalue weighted by Gasteiger charge is 2.24. The van der Waals surface area contributed by atoms with Crippen LogP contribution in [0, 0.1) is 0 Å². The van der Waals surface area contributed by atoms with E-state index in [1.54, 1.807) is 31.2 Å². The van der Waals surface area contributed by atoms with Gasteiger partial charge in [0.2, 0.25) is 0 Å². The number of carbonyl (C=O) groups is 4. The number of esters is 1. The highest BCUT2D eigenvalue weighted by atomic mass is 16.5. The Balaban J connectivity index is 0.000000279. The molecular formula is C33H33NO6. The van der Waals surface area contributed by atoms with Crippen molar-refractivity contribution in [2.45, 2.75) is 20.5 Å². The second-order valence-corrected chi connectivity index (χ2v) is 8.22. The molecule has 1 heterocycles. The van der Waals surface area contributed by atoms with E-state index in [9.17, 15) is 19.2 Å². The molecule has 0 unspecified atom stereocenters. The Kier molecular flexibility index (Phi) is 14.8. The zero-order valence-corrected chi connectivity index (χ0v) is 22.7. The van der Waals surface area contributed by atoms with E-state index in [4.69, 9.17) is 9.84 Å². The van der Waals surface area contributed by atoms with Crippen LogP contribution in [0.1, 0.15) is 25.0 Å². The number of hydrogen-bond donors (Lipinski definition) is 1. The molecule has 0 atom stereocenters.